The fraction of sp³-hybridized carbons (Fsp3) is 0.294. The minimum atomic E-state index is 0.548. The number of halogens is 1. The SMILES string of the molecule is Clc1ccccc1CSc1nnc(C2CC2)n1Cc1ccco1. The highest BCUT2D eigenvalue weighted by atomic mass is 35.5. The number of hydrogen-bond donors (Lipinski definition) is 0. The average Bonchev–Trinajstić information content (AvgIpc) is 3.13. The number of aromatic nitrogens is 3. The van der Waals surface area contributed by atoms with Crippen LogP contribution in [0.4, 0.5) is 0 Å². The summed E-state index contributed by atoms with van der Waals surface area (Å²) in [4.78, 5) is 0. The second kappa shape index (κ2) is 6.42. The highest BCUT2D eigenvalue weighted by Gasteiger charge is 2.30. The molecule has 3 aromatic rings. The van der Waals surface area contributed by atoms with E-state index in [0.29, 0.717) is 12.5 Å². The van der Waals surface area contributed by atoms with E-state index in [1.54, 1.807) is 18.0 Å². The Hall–Kier alpha value is -1.72. The minimum Gasteiger partial charge on any atom is -0.467 e. The first-order valence-electron chi connectivity index (χ1n) is 7.63. The molecule has 0 radical (unpaired) electrons. The maximum Gasteiger partial charge on any atom is 0.191 e. The highest BCUT2D eigenvalue weighted by molar-refractivity contribution is 7.98. The molecule has 2 aromatic heterocycles. The van der Waals surface area contributed by atoms with Crippen LogP contribution in [0, 0.1) is 0 Å². The second-order valence-corrected chi connectivity index (χ2v) is 7.01. The lowest BCUT2D eigenvalue weighted by Gasteiger charge is -2.08. The largest absolute Gasteiger partial charge is 0.467 e. The standard InChI is InChI=1S/C17H16ClN3OS/c18-15-6-2-1-4-13(15)11-23-17-20-19-16(12-7-8-12)21(17)10-14-5-3-9-22-14/h1-6,9,12H,7-8,10-11H2. The van der Waals surface area contributed by atoms with Gasteiger partial charge in [-0.15, -0.1) is 10.2 Å². The van der Waals surface area contributed by atoms with Gasteiger partial charge in [0.25, 0.3) is 0 Å². The highest BCUT2D eigenvalue weighted by Crippen LogP contribution is 2.40. The lowest BCUT2D eigenvalue weighted by atomic mass is 10.2. The van der Waals surface area contributed by atoms with E-state index in [2.05, 4.69) is 14.8 Å². The van der Waals surface area contributed by atoms with Crippen LogP contribution in [0.1, 0.15) is 35.9 Å². The van der Waals surface area contributed by atoms with Crippen LogP contribution in [-0.2, 0) is 12.3 Å². The monoisotopic (exact) mass is 345 g/mol. The van der Waals surface area contributed by atoms with Gasteiger partial charge in [0.15, 0.2) is 5.16 Å². The fourth-order valence-electron chi connectivity index (χ4n) is 2.52. The van der Waals surface area contributed by atoms with E-state index in [4.69, 9.17) is 16.0 Å². The van der Waals surface area contributed by atoms with Crippen LogP contribution in [0.2, 0.25) is 5.02 Å². The lowest BCUT2D eigenvalue weighted by molar-refractivity contribution is 0.478. The van der Waals surface area contributed by atoms with E-state index in [-0.39, 0.29) is 0 Å². The summed E-state index contributed by atoms with van der Waals surface area (Å²) in [6.45, 7) is 0.677. The van der Waals surface area contributed by atoms with Gasteiger partial charge in [-0.3, -0.25) is 4.57 Å². The summed E-state index contributed by atoms with van der Waals surface area (Å²) in [7, 11) is 0. The molecule has 0 saturated heterocycles. The molecule has 0 atom stereocenters. The molecule has 1 aliphatic rings. The first-order chi connectivity index (χ1) is 11.3. The smallest absolute Gasteiger partial charge is 0.191 e. The second-order valence-electron chi connectivity index (χ2n) is 5.66. The van der Waals surface area contributed by atoms with Gasteiger partial charge in [-0.05, 0) is 36.6 Å². The van der Waals surface area contributed by atoms with Crippen LogP contribution in [-0.4, -0.2) is 14.8 Å². The Morgan fingerprint density at radius 3 is 2.78 bits per heavy atom. The molecule has 0 spiro atoms. The van der Waals surface area contributed by atoms with Crippen molar-refractivity contribution in [3.63, 3.8) is 0 Å². The molecule has 1 aliphatic carbocycles. The molecule has 6 heteroatoms. The fourth-order valence-corrected chi connectivity index (χ4v) is 3.75. The summed E-state index contributed by atoms with van der Waals surface area (Å²) in [5, 5.41) is 10.5. The van der Waals surface area contributed by atoms with Gasteiger partial charge >= 0.3 is 0 Å². The molecule has 0 amide bonds. The molecular formula is C17H16ClN3OS. The molecule has 0 unspecified atom stereocenters. The van der Waals surface area contributed by atoms with Crippen molar-refractivity contribution >= 4 is 23.4 Å². The van der Waals surface area contributed by atoms with E-state index in [9.17, 15) is 0 Å². The van der Waals surface area contributed by atoms with Crippen molar-refractivity contribution in [2.45, 2.75) is 36.2 Å². The van der Waals surface area contributed by atoms with Gasteiger partial charge < -0.3 is 4.42 Å². The van der Waals surface area contributed by atoms with Crippen molar-refractivity contribution in [1.29, 1.82) is 0 Å². The normalized spacial score (nSPS) is 14.3. The predicted molar refractivity (Wildman–Crippen MR) is 90.8 cm³/mol. The van der Waals surface area contributed by atoms with Crippen LogP contribution in [0.25, 0.3) is 0 Å². The molecule has 1 fully saturated rings. The van der Waals surface area contributed by atoms with E-state index >= 15 is 0 Å². The molecule has 4 nitrogen and oxygen atoms in total. The van der Waals surface area contributed by atoms with Gasteiger partial charge in [-0.2, -0.15) is 0 Å². The van der Waals surface area contributed by atoms with Crippen LogP contribution in [0.3, 0.4) is 0 Å². The first-order valence-corrected chi connectivity index (χ1v) is 8.99. The van der Waals surface area contributed by atoms with Crippen LogP contribution in [0.15, 0.2) is 52.2 Å². The molecule has 0 N–H and O–H groups in total. The number of benzene rings is 1. The van der Waals surface area contributed by atoms with E-state index in [1.807, 2.05) is 36.4 Å². The third-order valence-corrected chi connectivity index (χ3v) is 5.28. The Bertz CT molecular complexity index is 796. The number of rotatable bonds is 6. The Kier molecular flexibility index (Phi) is 4.14. The number of hydrogen-bond acceptors (Lipinski definition) is 4. The van der Waals surface area contributed by atoms with Gasteiger partial charge in [-0.1, -0.05) is 41.6 Å². The Balaban J connectivity index is 1.57. The Morgan fingerprint density at radius 1 is 1.17 bits per heavy atom. The number of nitrogens with zero attached hydrogens (tertiary/aromatic N) is 3. The van der Waals surface area contributed by atoms with E-state index in [0.717, 1.165) is 33.1 Å². The summed E-state index contributed by atoms with van der Waals surface area (Å²) >= 11 is 7.91. The van der Waals surface area contributed by atoms with E-state index < -0.39 is 0 Å². The van der Waals surface area contributed by atoms with Crippen molar-refractivity contribution in [3.8, 4) is 0 Å². The van der Waals surface area contributed by atoms with Gasteiger partial charge in [0.1, 0.15) is 11.6 Å². The van der Waals surface area contributed by atoms with E-state index in [1.165, 1.54) is 12.8 Å². The van der Waals surface area contributed by atoms with Gasteiger partial charge in [0, 0.05) is 16.7 Å². The summed E-state index contributed by atoms with van der Waals surface area (Å²) in [5.41, 5.74) is 1.11. The van der Waals surface area contributed by atoms with Crippen molar-refractivity contribution < 1.29 is 4.42 Å². The van der Waals surface area contributed by atoms with Crippen molar-refractivity contribution in [2.75, 3.05) is 0 Å². The minimum absolute atomic E-state index is 0.548. The topological polar surface area (TPSA) is 43.9 Å². The summed E-state index contributed by atoms with van der Waals surface area (Å²) in [6, 6.07) is 11.8. The third-order valence-electron chi connectivity index (χ3n) is 3.90. The first kappa shape index (κ1) is 14.8. The zero-order valence-corrected chi connectivity index (χ0v) is 14.1. The maximum absolute atomic E-state index is 6.24. The van der Waals surface area contributed by atoms with Gasteiger partial charge in [-0.25, -0.2) is 0 Å². The van der Waals surface area contributed by atoms with Crippen molar-refractivity contribution in [2.24, 2.45) is 0 Å². The van der Waals surface area contributed by atoms with Crippen LogP contribution in [0.5, 0.6) is 0 Å². The quantitative estimate of drug-likeness (QED) is 0.605. The molecule has 118 valence electrons. The summed E-state index contributed by atoms with van der Waals surface area (Å²) < 4.78 is 7.67. The third kappa shape index (κ3) is 3.31. The molecule has 1 saturated carbocycles. The molecule has 1 aromatic carbocycles. The maximum atomic E-state index is 6.24. The molecule has 2 heterocycles. The van der Waals surface area contributed by atoms with Crippen molar-refractivity contribution in [3.05, 3.63) is 64.8 Å². The number of thioether (sulfide) groups is 1. The molecular weight excluding hydrogens is 330 g/mol. The van der Waals surface area contributed by atoms with Gasteiger partial charge in [0.2, 0.25) is 0 Å². The molecule has 23 heavy (non-hydrogen) atoms. The van der Waals surface area contributed by atoms with Crippen molar-refractivity contribution in [1.82, 2.24) is 14.8 Å². The summed E-state index contributed by atoms with van der Waals surface area (Å²) in [6.07, 6.45) is 4.10. The number of furan rings is 1. The molecule has 0 bridgehead atoms. The lowest BCUT2D eigenvalue weighted by Crippen LogP contribution is -2.05. The average molecular weight is 346 g/mol. The van der Waals surface area contributed by atoms with Crippen LogP contribution >= 0.6 is 23.4 Å². The molecule has 4 rings (SSSR count). The van der Waals surface area contributed by atoms with Gasteiger partial charge in [0.05, 0.1) is 12.8 Å². The zero-order valence-electron chi connectivity index (χ0n) is 12.5. The summed E-state index contributed by atoms with van der Waals surface area (Å²) in [5.74, 6) is 3.32. The Labute approximate surface area is 143 Å². The molecule has 0 aliphatic heterocycles. The Morgan fingerprint density at radius 2 is 2.04 bits per heavy atom. The predicted octanol–water partition coefficient (Wildman–Crippen LogP) is 4.74. The van der Waals surface area contributed by atoms with Crippen LogP contribution < -0.4 is 0 Å². The zero-order chi connectivity index (χ0) is 15.6.